The molecule has 156 valence electrons. The normalized spacial score (nSPS) is 14.8. The zero-order valence-electron chi connectivity index (χ0n) is 16.5. The molecule has 0 aliphatic carbocycles. The standard InChI is InChI=1S/C22H22N2O6/c1-23-7-9-24(10-8-23)19(27)13-29-22-16(26)12-18-20(21(22)28)15(25)11-17(30-18)14-5-3-2-4-6-14/h2-6,11-12,26,28H,7-10,13H2,1H3. The Labute approximate surface area is 172 Å². The van der Waals surface area contributed by atoms with Crippen molar-refractivity contribution in [2.45, 2.75) is 0 Å². The number of amides is 1. The number of fused-ring (bicyclic) bond motifs is 1. The number of carbonyl (C=O) groups is 1. The maximum atomic E-state index is 12.6. The van der Waals surface area contributed by atoms with E-state index in [1.807, 2.05) is 25.2 Å². The quantitative estimate of drug-likeness (QED) is 0.678. The highest BCUT2D eigenvalue weighted by Crippen LogP contribution is 2.41. The number of phenolic OH excluding ortho intramolecular Hbond substituents is 2. The first-order valence-electron chi connectivity index (χ1n) is 9.61. The number of piperazine rings is 1. The molecule has 3 aromatic rings. The summed E-state index contributed by atoms with van der Waals surface area (Å²) in [4.78, 5) is 28.8. The second-order valence-corrected chi connectivity index (χ2v) is 7.26. The minimum absolute atomic E-state index is 0.0223. The van der Waals surface area contributed by atoms with E-state index >= 15 is 0 Å². The van der Waals surface area contributed by atoms with Crippen LogP contribution in [0.1, 0.15) is 0 Å². The van der Waals surface area contributed by atoms with Crippen molar-refractivity contribution in [3.63, 3.8) is 0 Å². The van der Waals surface area contributed by atoms with Crippen LogP contribution in [0.5, 0.6) is 17.2 Å². The molecule has 0 saturated carbocycles. The lowest BCUT2D eigenvalue weighted by atomic mass is 10.1. The third-order valence-corrected chi connectivity index (χ3v) is 5.18. The molecule has 1 amide bonds. The lowest BCUT2D eigenvalue weighted by Crippen LogP contribution is -2.48. The highest BCUT2D eigenvalue weighted by Gasteiger charge is 2.23. The number of benzene rings is 2. The van der Waals surface area contributed by atoms with E-state index in [9.17, 15) is 19.8 Å². The van der Waals surface area contributed by atoms with E-state index in [0.29, 0.717) is 24.4 Å². The van der Waals surface area contributed by atoms with E-state index in [1.54, 1.807) is 17.0 Å². The van der Waals surface area contributed by atoms with Gasteiger partial charge in [0.25, 0.3) is 5.91 Å². The highest BCUT2D eigenvalue weighted by molar-refractivity contribution is 5.89. The fraction of sp³-hybridized carbons (Fsp3) is 0.273. The van der Waals surface area contributed by atoms with Crippen molar-refractivity contribution in [3.8, 4) is 28.6 Å². The molecule has 2 heterocycles. The Morgan fingerprint density at radius 2 is 1.80 bits per heavy atom. The molecule has 0 spiro atoms. The zero-order valence-corrected chi connectivity index (χ0v) is 16.5. The second-order valence-electron chi connectivity index (χ2n) is 7.26. The minimum atomic E-state index is -0.551. The monoisotopic (exact) mass is 410 g/mol. The SMILES string of the molecule is CN1CCN(C(=O)COc2c(O)cc3oc(-c4ccccc4)cc(=O)c3c2O)CC1. The number of rotatable bonds is 4. The molecule has 30 heavy (non-hydrogen) atoms. The topological polar surface area (TPSA) is 103 Å². The van der Waals surface area contributed by atoms with E-state index in [1.165, 1.54) is 12.1 Å². The summed E-state index contributed by atoms with van der Waals surface area (Å²) in [5.41, 5.74) is 0.227. The van der Waals surface area contributed by atoms with Gasteiger partial charge in [0.05, 0.1) is 0 Å². The Hall–Kier alpha value is -3.52. The van der Waals surface area contributed by atoms with Crippen LogP contribution in [-0.2, 0) is 4.79 Å². The Balaban J connectivity index is 1.61. The van der Waals surface area contributed by atoms with Crippen LogP contribution >= 0.6 is 0 Å². The fourth-order valence-electron chi connectivity index (χ4n) is 3.44. The third kappa shape index (κ3) is 3.81. The van der Waals surface area contributed by atoms with E-state index in [4.69, 9.17) is 9.15 Å². The number of nitrogens with zero attached hydrogens (tertiary/aromatic N) is 2. The van der Waals surface area contributed by atoms with Gasteiger partial charge in [-0.2, -0.15) is 0 Å². The van der Waals surface area contributed by atoms with Gasteiger partial charge in [0, 0.05) is 43.9 Å². The first-order valence-corrected chi connectivity index (χ1v) is 9.61. The van der Waals surface area contributed by atoms with Gasteiger partial charge in [-0.1, -0.05) is 30.3 Å². The van der Waals surface area contributed by atoms with Crippen LogP contribution in [0.2, 0.25) is 0 Å². The molecule has 8 nitrogen and oxygen atoms in total. The predicted molar refractivity (Wildman–Crippen MR) is 111 cm³/mol. The molecule has 1 aliphatic heterocycles. The van der Waals surface area contributed by atoms with Crippen LogP contribution in [0.15, 0.2) is 51.7 Å². The highest BCUT2D eigenvalue weighted by atomic mass is 16.5. The molecule has 1 saturated heterocycles. The van der Waals surface area contributed by atoms with Crippen molar-refractivity contribution in [1.29, 1.82) is 0 Å². The van der Waals surface area contributed by atoms with Crippen LogP contribution < -0.4 is 10.2 Å². The fourth-order valence-corrected chi connectivity index (χ4v) is 3.44. The van der Waals surface area contributed by atoms with Crippen molar-refractivity contribution in [1.82, 2.24) is 9.80 Å². The van der Waals surface area contributed by atoms with Gasteiger partial charge < -0.3 is 29.2 Å². The molecule has 0 radical (unpaired) electrons. The average Bonchev–Trinajstić information content (AvgIpc) is 2.74. The van der Waals surface area contributed by atoms with Gasteiger partial charge in [0.2, 0.25) is 5.75 Å². The van der Waals surface area contributed by atoms with Crippen molar-refractivity contribution in [2.75, 3.05) is 39.8 Å². The maximum Gasteiger partial charge on any atom is 0.260 e. The van der Waals surface area contributed by atoms with Crippen molar-refractivity contribution in [2.24, 2.45) is 0 Å². The molecule has 0 bridgehead atoms. The molecule has 0 atom stereocenters. The molecule has 4 rings (SSSR count). The van der Waals surface area contributed by atoms with Crippen LogP contribution in [0, 0.1) is 0 Å². The van der Waals surface area contributed by atoms with E-state index in [-0.39, 0.29) is 29.2 Å². The largest absolute Gasteiger partial charge is 0.504 e. The maximum absolute atomic E-state index is 12.6. The predicted octanol–water partition coefficient (Wildman–Crippen LogP) is 2.02. The molecule has 1 fully saturated rings. The van der Waals surface area contributed by atoms with Gasteiger partial charge >= 0.3 is 0 Å². The van der Waals surface area contributed by atoms with Gasteiger partial charge in [0.15, 0.2) is 23.5 Å². The number of aromatic hydroxyl groups is 2. The molecular weight excluding hydrogens is 388 g/mol. The molecule has 2 aromatic carbocycles. The molecule has 0 unspecified atom stereocenters. The van der Waals surface area contributed by atoms with Crippen molar-refractivity contribution >= 4 is 16.9 Å². The van der Waals surface area contributed by atoms with E-state index in [2.05, 4.69) is 4.90 Å². The first kappa shape index (κ1) is 19.8. The number of likely N-dealkylation sites (N-methyl/N-ethyl adjacent to an activating group) is 1. The summed E-state index contributed by atoms with van der Waals surface area (Å²) in [6.07, 6.45) is 0. The first-order chi connectivity index (χ1) is 14.4. The molecule has 1 aliphatic rings. The number of hydrogen-bond donors (Lipinski definition) is 2. The molecule has 8 heteroatoms. The van der Waals surface area contributed by atoms with Crippen LogP contribution in [0.25, 0.3) is 22.3 Å². The third-order valence-electron chi connectivity index (χ3n) is 5.18. The number of phenols is 2. The van der Waals surface area contributed by atoms with Gasteiger partial charge in [0.1, 0.15) is 16.7 Å². The van der Waals surface area contributed by atoms with Gasteiger partial charge in [-0.25, -0.2) is 0 Å². The van der Waals surface area contributed by atoms with Gasteiger partial charge in [-0.05, 0) is 7.05 Å². The van der Waals surface area contributed by atoms with Crippen molar-refractivity contribution < 1.29 is 24.2 Å². The lowest BCUT2D eigenvalue weighted by Gasteiger charge is -2.32. The summed E-state index contributed by atoms with van der Waals surface area (Å²) < 4.78 is 11.1. The lowest BCUT2D eigenvalue weighted by molar-refractivity contribution is -0.134. The summed E-state index contributed by atoms with van der Waals surface area (Å²) in [7, 11) is 1.98. The summed E-state index contributed by atoms with van der Waals surface area (Å²) in [6.45, 7) is 2.34. The van der Waals surface area contributed by atoms with Gasteiger partial charge in [-0.3, -0.25) is 9.59 Å². The van der Waals surface area contributed by atoms with E-state index in [0.717, 1.165) is 13.1 Å². The summed E-state index contributed by atoms with van der Waals surface area (Å²) >= 11 is 0. The summed E-state index contributed by atoms with van der Waals surface area (Å²) in [6, 6.07) is 11.5. The van der Waals surface area contributed by atoms with Crippen LogP contribution in [-0.4, -0.2) is 65.8 Å². The average molecular weight is 410 g/mol. The smallest absolute Gasteiger partial charge is 0.260 e. The Morgan fingerprint density at radius 1 is 1.10 bits per heavy atom. The Bertz CT molecular complexity index is 1130. The number of hydrogen-bond acceptors (Lipinski definition) is 7. The number of ether oxygens (including phenoxy) is 1. The minimum Gasteiger partial charge on any atom is -0.504 e. The van der Waals surface area contributed by atoms with Crippen LogP contribution in [0.4, 0.5) is 0 Å². The van der Waals surface area contributed by atoms with Crippen molar-refractivity contribution in [3.05, 3.63) is 52.7 Å². The summed E-state index contributed by atoms with van der Waals surface area (Å²) in [5, 5.41) is 20.8. The molecular formula is C22H22N2O6. The molecule has 2 N–H and O–H groups in total. The van der Waals surface area contributed by atoms with E-state index < -0.39 is 16.9 Å². The Kier molecular flexibility index (Phi) is 5.33. The number of carbonyl (C=O) groups excluding carboxylic acids is 1. The zero-order chi connectivity index (χ0) is 21.3. The van der Waals surface area contributed by atoms with Gasteiger partial charge in [-0.15, -0.1) is 0 Å². The van der Waals surface area contributed by atoms with Crippen LogP contribution in [0.3, 0.4) is 0 Å². The summed E-state index contributed by atoms with van der Waals surface area (Å²) in [5.74, 6) is -1.23. The molecule has 1 aromatic heterocycles. The Morgan fingerprint density at radius 3 is 2.50 bits per heavy atom. The second kappa shape index (κ2) is 8.08.